The normalized spacial score (nSPS) is 19.2. The highest BCUT2D eigenvalue weighted by molar-refractivity contribution is 5.08. The van der Waals surface area contributed by atoms with Crippen molar-refractivity contribution in [3.8, 4) is 0 Å². The van der Waals surface area contributed by atoms with Gasteiger partial charge in [0.1, 0.15) is 0 Å². The van der Waals surface area contributed by atoms with Crippen LogP contribution in [-0.4, -0.2) is 22.4 Å². The first kappa shape index (κ1) is 13.6. The molecule has 0 aromatic carbocycles. The SMILES string of the molecule is CCn1cc(CC(C)(CNC2CC2)C(C)C)cn1. The van der Waals surface area contributed by atoms with Crippen molar-refractivity contribution in [2.45, 2.75) is 59.5 Å². The molecule has 1 fully saturated rings. The summed E-state index contributed by atoms with van der Waals surface area (Å²) in [6.07, 6.45) is 8.06. The molecule has 3 nitrogen and oxygen atoms in total. The molecule has 2 rings (SSSR count). The molecule has 1 aromatic rings. The van der Waals surface area contributed by atoms with E-state index in [0.29, 0.717) is 11.3 Å². The summed E-state index contributed by atoms with van der Waals surface area (Å²) in [6, 6.07) is 0.793. The van der Waals surface area contributed by atoms with E-state index in [-0.39, 0.29) is 0 Å². The summed E-state index contributed by atoms with van der Waals surface area (Å²) < 4.78 is 2.02. The zero-order valence-electron chi connectivity index (χ0n) is 12.2. The van der Waals surface area contributed by atoms with E-state index < -0.39 is 0 Å². The Morgan fingerprint density at radius 1 is 1.50 bits per heavy atom. The highest BCUT2D eigenvalue weighted by Crippen LogP contribution is 2.32. The molecule has 1 heterocycles. The number of aromatic nitrogens is 2. The molecule has 102 valence electrons. The van der Waals surface area contributed by atoms with Crippen molar-refractivity contribution >= 4 is 0 Å². The van der Waals surface area contributed by atoms with Crippen LogP contribution in [0.4, 0.5) is 0 Å². The summed E-state index contributed by atoms with van der Waals surface area (Å²) in [4.78, 5) is 0. The number of hydrogen-bond acceptors (Lipinski definition) is 2. The minimum absolute atomic E-state index is 0.324. The van der Waals surface area contributed by atoms with Crippen LogP contribution in [0, 0.1) is 11.3 Å². The van der Waals surface area contributed by atoms with E-state index in [1.807, 2.05) is 10.9 Å². The van der Waals surface area contributed by atoms with Crippen molar-refractivity contribution in [3.05, 3.63) is 18.0 Å². The standard InChI is InChI=1S/C15H27N3/c1-5-18-10-13(9-17-18)8-15(4,12(2)3)11-16-14-6-7-14/h9-10,12,14,16H,5-8,11H2,1-4H3. The van der Waals surface area contributed by atoms with Gasteiger partial charge in [0.2, 0.25) is 0 Å². The lowest BCUT2D eigenvalue weighted by molar-refractivity contribution is 0.206. The van der Waals surface area contributed by atoms with E-state index in [1.165, 1.54) is 18.4 Å². The van der Waals surface area contributed by atoms with Gasteiger partial charge >= 0.3 is 0 Å². The maximum atomic E-state index is 4.38. The maximum Gasteiger partial charge on any atom is 0.0521 e. The zero-order chi connectivity index (χ0) is 13.2. The smallest absolute Gasteiger partial charge is 0.0521 e. The van der Waals surface area contributed by atoms with Crippen LogP contribution >= 0.6 is 0 Å². The number of nitrogens with one attached hydrogen (secondary N) is 1. The van der Waals surface area contributed by atoms with Gasteiger partial charge in [-0.2, -0.15) is 5.10 Å². The lowest BCUT2D eigenvalue weighted by Crippen LogP contribution is -2.38. The van der Waals surface area contributed by atoms with E-state index >= 15 is 0 Å². The topological polar surface area (TPSA) is 29.9 Å². The van der Waals surface area contributed by atoms with E-state index in [1.54, 1.807) is 0 Å². The van der Waals surface area contributed by atoms with Crippen molar-refractivity contribution in [2.24, 2.45) is 11.3 Å². The molecule has 0 spiro atoms. The first-order valence-corrected chi connectivity index (χ1v) is 7.28. The van der Waals surface area contributed by atoms with E-state index in [9.17, 15) is 0 Å². The van der Waals surface area contributed by atoms with Gasteiger partial charge < -0.3 is 5.32 Å². The van der Waals surface area contributed by atoms with Crippen LogP contribution < -0.4 is 5.32 Å². The molecule has 0 amide bonds. The molecule has 18 heavy (non-hydrogen) atoms. The van der Waals surface area contributed by atoms with Crippen LogP contribution in [0.1, 0.15) is 46.1 Å². The Hall–Kier alpha value is -0.830. The van der Waals surface area contributed by atoms with Gasteiger partial charge in [-0.1, -0.05) is 20.8 Å². The second-order valence-electron chi connectivity index (χ2n) is 6.34. The first-order valence-electron chi connectivity index (χ1n) is 7.28. The summed E-state index contributed by atoms with van der Waals surface area (Å²) in [5.41, 5.74) is 1.69. The predicted molar refractivity (Wildman–Crippen MR) is 75.6 cm³/mol. The van der Waals surface area contributed by atoms with E-state index in [2.05, 4.69) is 44.3 Å². The van der Waals surface area contributed by atoms with Gasteiger partial charge in [0, 0.05) is 25.3 Å². The second kappa shape index (κ2) is 5.43. The molecule has 1 atom stereocenters. The van der Waals surface area contributed by atoms with E-state index in [4.69, 9.17) is 0 Å². The first-order chi connectivity index (χ1) is 8.53. The van der Waals surface area contributed by atoms with Gasteiger partial charge in [0.25, 0.3) is 0 Å². The molecule has 0 bridgehead atoms. The average Bonchev–Trinajstić information content (AvgIpc) is 3.06. The molecular formula is C15H27N3. The monoisotopic (exact) mass is 249 g/mol. The van der Waals surface area contributed by atoms with Crippen LogP contribution in [0.3, 0.4) is 0 Å². The molecule has 1 aliphatic carbocycles. The van der Waals surface area contributed by atoms with Gasteiger partial charge in [0.15, 0.2) is 0 Å². The Morgan fingerprint density at radius 3 is 2.72 bits per heavy atom. The molecule has 0 aliphatic heterocycles. The molecule has 0 saturated heterocycles. The molecule has 1 unspecified atom stereocenters. The Labute approximate surface area is 111 Å². The predicted octanol–water partition coefficient (Wildman–Crippen LogP) is 2.86. The number of hydrogen-bond donors (Lipinski definition) is 1. The van der Waals surface area contributed by atoms with Crippen molar-refractivity contribution < 1.29 is 0 Å². The van der Waals surface area contributed by atoms with Gasteiger partial charge in [-0.3, -0.25) is 4.68 Å². The molecule has 1 aromatic heterocycles. The summed E-state index contributed by atoms with van der Waals surface area (Å²) in [5, 5.41) is 8.07. The Balaban J connectivity index is 1.98. The summed E-state index contributed by atoms with van der Waals surface area (Å²) in [7, 11) is 0. The third kappa shape index (κ3) is 3.35. The Kier molecular flexibility index (Phi) is 4.10. The van der Waals surface area contributed by atoms with Crippen LogP contribution in [0.2, 0.25) is 0 Å². The second-order valence-corrected chi connectivity index (χ2v) is 6.34. The molecule has 3 heteroatoms. The minimum atomic E-state index is 0.324. The Bertz CT molecular complexity index is 379. The van der Waals surface area contributed by atoms with Crippen molar-refractivity contribution in [1.82, 2.24) is 15.1 Å². The molecular weight excluding hydrogens is 222 g/mol. The third-order valence-corrected chi connectivity index (χ3v) is 4.38. The fraction of sp³-hybridized carbons (Fsp3) is 0.800. The maximum absolute atomic E-state index is 4.38. The molecule has 1 saturated carbocycles. The minimum Gasteiger partial charge on any atom is -0.313 e. The van der Waals surface area contributed by atoms with Crippen molar-refractivity contribution in [3.63, 3.8) is 0 Å². The van der Waals surface area contributed by atoms with Crippen LogP contribution in [0.5, 0.6) is 0 Å². The van der Waals surface area contributed by atoms with E-state index in [0.717, 1.165) is 25.6 Å². The summed E-state index contributed by atoms with van der Waals surface area (Å²) in [5.74, 6) is 0.675. The highest BCUT2D eigenvalue weighted by atomic mass is 15.3. The van der Waals surface area contributed by atoms with Gasteiger partial charge in [-0.15, -0.1) is 0 Å². The lowest BCUT2D eigenvalue weighted by atomic mass is 9.74. The zero-order valence-corrected chi connectivity index (χ0v) is 12.2. The fourth-order valence-corrected chi connectivity index (χ4v) is 2.27. The van der Waals surface area contributed by atoms with Crippen molar-refractivity contribution in [2.75, 3.05) is 6.54 Å². The van der Waals surface area contributed by atoms with Crippen LogP contribution in [0.15, 0.2) is 12.4 Å². The Morgan fingerprint density at radius 2 is 2.22 bits per heavy atom. The molecule has 1 aliphatic rings. The summed E-state index contributed by atoms with van der Waals surface area (Å²) >= 11 is 0. The lowest BCUT2D eigenvalue weighted by Gasteiger charge is -2.34. The van der Waals surface area contributed by atoms with Gasteiger partial charge in [0.05, 0.1) is 6.20 Å². The molecule has 1 N–H and O–H groups in total. The highest BCUT2D eigenvalue weighted by Gasteiger charge is 2.31. The average molecular weight is 249 g/mol. The number of aryl methyl sites for hydroxylation is 1. The van der Waals surface area contributed by atoms with Crippen LogP contribution in [0.25, 0.3) is 0 Å². The van der Waals surface area contributed by atoms with Crippen LogP contribution in [-0.2, 0) is 13.0 Å². The van der Waals surface area contributed by atoms with Gasteiger partial charge in [-0.05, 0) is 43.1 Å². The molecule has 0 radical (unpaired) electrons. The summed E-state index contributed by atoms with van der Waals surface area (Å²) in [6.45, 7) is 11.3. The largest absolute Gasteiger partial charge is 0.313 e. The number of nitrogens with zero attached hydrogens (tertiary/aromatic N) is 2. The van der Waals surface area contributed by atoms with Gasteiger partial charge in [-0.25, -0.2) is 0 Å². The fourth-order valence-electron chi connectivity index (χ4n) is 2.27. The third-order valence-electron chi connectivity index (χ3n) is 4.38. The quantitative estimate of drug-likeness (QED) is 0.805. The number of rotatable bonds is 7. The van der Waals surface area contributed by atoms with Crippen molar-refractivity contribution in [1.29, 1.82) is 0 Å².